The quantitative estimate of drug-likeness (QED) is 0.847. The Morgan fingerprint density at radius 1 is 1.24 bits per heavy atom. The molecule has 1 N–H and O–H groups in total. The summed E-state index contributed by atoms with van der Waals surface area (Å²) >= 11 is 0. The van der Waals surface area contributed by atoms with Crippen molar-refractivity contribution >= 4 is 11.9 Å². The maximum atomic E-state index is 13.2. The van der Waals surface area contributed by atoms with Crippen molar-refractivity contribution in [1.82, 2.24) is 15.2 Å². The molecule has 3 rings (SSSR count). The van der Waals surface area contributed by atoms with Crippen LogP contribution in [-0.2, 0) is 16.9 Å². The Morgan fingerprint density at radius 3 is 2.60 bits per heavy atom. The Labute approximate surface area is 144 Å². The highest BCUT2D eigenvalue weighted by Gasteiger charge is 2.51. The van der Waals surface area contributed by atoms with Crippen molar-refractivity contribution in [3.63, 3.8) is 0 Å². The number of halogens is 1. The van der Waals surface area contributed by atoms with E-state index in [0.717, 1.165) is 4.90 Å². The monoisotopic (exact) mass is 343 g/mol. The third-order valence-corrected chi connectivity index (χ3v) is 4.41. The van der Waals surface area contributed by atoms with Crippen LogP contribution >= 0.6 is 0 Å². The molecule has 1 aliphatic rings. The minimum Gasteiger partial charge on any atom is -0.481 e. The SMILES string of the molecule is CC[C@@]1(c2ccc(F)cc2)NC(=O)N(Cc2cccnc2OC)C1=O. The summed E-state index contributed by atoms with van der Waals surface area (Å²) in [6, 6.07) is 8.55. The molecule has 2 heterocycles. The average Bonchev–Trinajstić information content (AvgIpc) is 2.88. The molecule has 1 saturated heterocycles. The minimum absolute atomic E-state index is 0.0463. The lowest BCUT2D eigenvalue weighted by Gasteiger charge is -2.25. The first-order chi connectivity index (χ1) is 12.0. The predicted molar refractivity (Wildman–Crippen MR) is 88.2 cm³/mol. The zero-order chi connectivity index (χ0) is 18.0. The highest BCUT2D eigenvalue weighted by atomic mass is 19.1. The van der Waals surface area contributed by atoms with Crippen molar-refractivity contribution in [2.24, 2.45) is 0 Å². The first kappa shape index (κ1) is 16.9. The van der Waals surface area contributed by atoms with E-state index >= 15 is 0 Å². The molecule has 7 heteroatoms. The topological polar surface area (TPSA) is 71.5 Å². The molecule has 130 valence electrons. The fourth-order valence-electron chi connectivity index (χ4n) is 3.04. The van der Waals surface area contributed by atoms with Crippen LogP contribution in [0.25, 0.3) is 0 Å². The van der Waals surface area contributed by atoms with E-state index in [2.05, 4.69) is 10.3 Å². The Bertz CT molecular complexity index is 809. The zero-order valence-corrected chi connectivity index (χ0v) is 14.0. The van der Waals surface area contributed by atoms with Crippen LogP contribution in [0, 0.1) is 5.82 Å². The Hall–Kier alpha value is -2.96. The van der Waals surface area contributed by atoms with E-state index in [1.165, 1.54) is 31.4 Å². The zero-order valence-electron chi connectivity index (χ0n) is 14.0. The number of hydrogen-bond donors (Lipinski definition) is 1. The number of nitrogens with one attached hydrogen (secondary N) is 1. The lowest BCUT2D eigenvalue weighted by molar-refractivity contribution is -0.132. The number of ether oxygens (including phenoxy) is 1. The molecular weight excluding hydrogens is 325 g/mol. The van der Waals surface area contributed by atoms with Gasteiger partial charge in [0.1, 0.15) is 11.4 Å². The Morgan fingerprint density at radius 2 is 1.96 bits per heavy atom. The lowest BCUT2D eigenvalue weighted by atomic mass is 9.87. The highest BCUT2D eigenvalue weighted by Crippen LogP contribution is 2.33. The smallest absolute Gasteiger partial charge is 0.325 e. The molecule has 2 aromatic rings. The van der Waals surface area contributed by atoms with Gasteiger partial charge in [-0.1, -0.05) is 25.1 Å². The summed E-state index contributed by atoms with van der Waals surface area (Å²) in [5.74, 6) is -0.417. The van der Waals surface area contributed by atoms with E-state index in [4.69, 9.17) is 4.74 Å². The summed E-state index contributed by atoms with van der Waals surface area (Å²) in [6.07, 6.45) is 1.92. The van der Waals surface area contributed by atoms with Crippen molar-refractivity contribution in [3.8, 4) is 5.88 Å². The molecule has 1 atom stereocenters. The van der Waals surface area contributed by atoms with Gasteiger partial charge in [0.25, 0.3) is 5.91 Å². The van der Waals surface area contributed by atoms with Crippen LogP contribution in [0.3, 0.4) is 0 Å². The number of benzene rings is 1. The van der Waals surface area contributed by atoms with Crippen LogP contribution in [0.1, 0.15) is 24.5 Å². The van der Waals surface area contributed by atoms with Gasteiger partial charge in [-0.3, -0.25) is 9.69 Å². The van der Waals surface area contributed by atoms with E-state index in [1.54, 1.807) is 25.3 Å². The van der Waals surface area contributed by atoms with Gasteiger partial charge in [0.15, 0.2) is 0 Å². The highest BCUT2D eigenvalue weighted by molar-refractivity contribution is 6.07. The van der Waals surface area contributed by atoms with Crippen molar-refractivity contribution in [2.45, 2.75) is 25.4 Å². The lowest BCUT2D eigenvalue weighted by Crippen LogP contribution is -2.43. The van der Waals surface area contributed by atoms with Crippen LogP contribution in [-0.4, -0.2) is 28.9 Å². The fourth-order valence-corrected chi connectivity index (χ4v) is 3.04. The van der Waals surface area contributed by atoms with Crippen LogP contribution in [0.4, 0.5) is 9.18 Å². The second kappa shape index (κ2) is 6.51. The van der Waals surface area contributed by atoms with Gasteiger partial charge in [0.2, 0.25) is 5.88 Å². The number of aromatic nitrogens is 1. The van der Waals surface area contributed by atoms with E-state index in [9.17, 15) is 14.0 Å². The third-order valence-electron chi connectivity index (χ3n) is 4.41. The Balaban J connectivity index is 1.94. The molecule has 1 aromatic heterocycles. The Kier molecular flexibility index (Phi) is 4.39. The number of methoxy groups -OCH3 is 1. The first-order valence-electron chi connectivity index (χ1n) is 7.90. The largest absolute Gasteiger partial charge is 0.481 e. The van der Waals surface area contributed by atoms with Crippen molar-refractivity contribution in [3.05, 3.63) is 59.5 Å². The van der Waals surface area contributed by atoms with Crippen molar-refractivity contribution in [1.29, 1.82) is 0 Å². The van der Waals surface area contributed by atoms with Crippen molar-refractivity contribution < 1.29 is 18.7 Å². The second-order valence-electron chi connectivity index (χ2n) is 5.76. The van der Waals surface area contributed by atoms with Crippen LogP contribution in [0.5, 0.6) is 5.88 Å². The van der Waals surface area contributed by atoms with Crippen LogP contribution < -0.4 is 10.1 Å². The van der Waals surface area contributed by atoms with Crippen molar-refractivity contribution in [2.75, 3.05) is 7.11 Å². The number of carbonyl (C=O) groups is 2. The number of hydrogen-bond acceptors (Lipinski definition) is 4. The van der Waals surface area contributed by atoms with E-state index in [0.29, 0.717) is 23.4 Å². The van der Waals surface area contributed by atoms with Gasteiger partial charge >= 0.3 is 6.03 Å². The molecule has 3 amide bonds. The van der Waals surface area contributed by atoms with E-state index in [1.807, 2.05) is 0 Å². The number of imide groups is 1. The van der Waals surface area contributed by atoms with E-state index < -0.39 is 17.4 Å². The maximum Gasteiger partial charge on any atom is 0.325 e. The van der Waals surface area contributed by atoms with E-state index in [-0.39, 0.29) is 12.5 Å². The number of nitrogens with zero attached hydrogens (tertiary/aromatic N) is 2. The van der Waals surface area contributed by atoms with Gasteiger partial charge in [-0.05, 0) is 30.2 Å². The summed E-state index contributed by atoms with van der Waals surface area (Å²) in [5, 5.41) is 2.76. The number of urea groups is 1. The molecule has 0 spiro atoms. The summed E-state index contributed by atoms with van der Waals surface area (Å²) in [5.41, 5.74) is -0.0184. The minimum atomic E-state index is -1.19. The molecule has 0 unspecified atom stereocenters. The summed E-state index contributed by atoms with van der Waals surface area (Å²) in [4.78, 5) is 30.7. The molecule has 0 aliphatic carbocycles. The summed E-state index contributed by atoms with van der Waals surface area (Å²) < 4.78 is 18.4. The number of pyridine rings is 1. The molecule has 1 fully saturated rings. The fraction of sp³-hybridized carbons (Fsp3) is 0.278. The van der Waals surface area contributed by atoms with Gasteiger partial charge in [-0.25, -0.2) is 14.2 Å². The number of carbonyl (C=O) groups excluding carboxylic acids is 2. The van der Waals surface area contributed by atoms with Crippen LogP contribution in [0.2, 0.25) is 0 Å². The molecule has 1 aliphatic heterocycles. The third kappa shape index (κ3) is 2.82. The normalized spacial score (nSPS) is 19.9. The van der Waals surface area contributed by atoms with Gasteiger partial charge in [0.05, 0.1) is 13.7 Å². The van der Waals surface area contributed by atoms with Gasteiger partial charge in [-0.2, -0.15) is 0 Å². The molecule has 6 nitrogen and oxygen atoms in total. The number of rotatable bonds is 5. The molecule has 0 saturated carbocycles. The first-order valence-corrected chi connectivity index (χ1v) is 7.90. The standard InChI is InChI=1S/C18H18FN3O3/c1-3-18(13-6-8-14(19)9-7-13)16(23)22(17(24)21-18)11-12-5-4-10-20-15(12)25-2/h4-10H,3,11H2,1-2H3,(H,21,24)/t18-/m0/s1. The van der Waals surface area contributed by atoms with Gasteiger partial charge in [0, 0.05) is 11.8 Å². The molecule has 0 radical (unpaired) electrons. The maximum absolute atomic E-state index is 13.2. The molecule has 1 aromatic carbocycles. The average molecular weight is 343 g/mol. The summed E-state index contributed by atoms with van der Waals surface area (Å²) in [6.45, 7) is 1.85. The molecular formula is C18H18FN3O3. The summed E-state index contributed by atoms with van der Waals surface area (Å²) in [7, 11) is 1.48. The molecule has 0 bridgehead atoms. The van der Waals surface area contributed by atoms with Crippen LogP contribution in [0.15, 0.2) is 42.6 Å². The molecule has 25 heavy (non-hydrogen) atoms. The van der Waals surface area contributed by atoms with Gasteiger partial charge in [-0.15, -0.1) is 0 Å². The predicted octanol–water partition coefficient (Wildman–Crippen LogP) is 2.59. The van der Waals surface area contributed by atoms with Gasteiger partial charge < -0.3 is 10.1 Å². The number of amides is 3. The second-order valence-corrected chi connectivity index (χ2v) is 5.76.